The van der Waals surface area contributed by atoms with Gasteiger partial charge in [-0.05, 0) is 60.2 Å². The molecule has 5 heteroatoms. The average molecular weight is 459 g/mol. The van der Waals surface area contributed by atoms with Gasteiger partial charge in [0.15, 0.2) is 0 Å². The van der Waals surface area contributed by atoms with Crippen molar-refractivity contribution in [3.8, 4) is 34.1 Å². The first-order valence-electron chi connectivity index (χ1n) is 11.6. The Kier molecular flexibility index (Phi) is 4.28. The Morgan fingerprint density at radius 3 is 1.82 bits per heavy atom. The van der Waals surface area contributed by atoms with Crippen LogP contribution in [0, 0.1) is 0 Å². The van der Waals surface area contributed by atoms with Crippen LogP contribution in [-0.2, 0) is 0 Å². The third kappa shape index (κ3) is 3.11. The van der Waals surface area contributed by atoms with E-state index in [9.17, 15) is 0 Å². The summed E-state index contributed by atoms with van der Waals surface area (Å²) in [5, 5.41) is 1.12. The average Bonchev–Trinajstić information content (AvgIpc) is 3.23. The molecule has 34 heavy (non-hydrogen) atoms. The van der Waals surface area contributed by atoms with Gasteiger partial charge in [0.2, 0.25) is 0 Å². The molecule has 0 amide bonds. The van der Waals surface area contributed by atoms with E-state index in [0.29, 0.717) is 0 Å². The monoisotopic (exact) mass is 459 g/mol. The minimum atomic E-state index is 0.0115. The number of rotatable bonds is 2. The highest BCUT2D eigenvalue weighted by molar-refractivity contribution is 8.14. The number of ether oxygens (including phenoxy) is 2. The van der Waals surface area contributed by atoms with Gasteiger partial charge in [-0.3, -0.25) is 4.99 Å². The van der Waals surface area contributed by atoms with E-state index in [1.54, 1.807) is 0 Å². The predicted octanol–water partition coefficient (Wildman–Crippen LogP) is 5.35. The molecule has 0 atom stereocenters. The lowest BCUT2D eigenvalue weighted by Gasteiger charge is -2.33. The Bertz CT molecular complexity index is 1420. The van der Waals surface area contributed by atoms with Crippen LogP contribution in [0.5, 0.6) is 23.0 Å². The van der Waals surface area contributed by atoms with Crippen molar-refractivity contribution < 1.29 is 9.47 Å². The van der Waals surface area contributed by atoms with Crippen LogP contribution in [0.3, 0.4) is 0 Å². The molecule has 0 aromatic heterocycles. The van der Waals surface area contributed by atoms with Gasteiger partial charge >= 0.3 is 0 Å². The fourth-order valence-electron chi connectivity index (χ4n) is 5.10. The third-order valence-electron chi connectivity index (χ3n) is 6.72. The molecular formula is C29H22BNO2S. The van der Waals surface area contributed by atoms with Crippen molar-refractivity contribution >= 4 is 39.9 Å². The maximum absolute atomic E-state index is 6.43. The molecule has 3 aliphatic heterocycles. The standard InChI is InChI=1S/C29H22BNO2S/c1-29(2)17-34-28(31-29)19-13-11-18(12-14-19)20-15-25-27-26(16-20)33-24-10-6-4-8-22(24)30(27)21-7-3-5-9-23(21)32-25/h3-16H,17H2,1-2H3. The van der Waals surface area contributed by atoms with E-state index in [-0.39, 0.29) is 12.3 Å². The van der Waals surface area contributed by atoms with Crippen molar-refractivity contribution in [1.82, 2.24) is 0 Å². The highest BCUT2D eigenvalue weighted by Gasteiger charge is 2.40. The topological polar surface area (TPSA) is 30.8 Å². The molecule has 7 rings (SSSR count). The van der Waals surface area contributed by atoms with Gasteiger partial charge in [-0.1, -0.05) is 60.7 Å². The largest absolute Gasteiger partial charge is 0.458 e. The summed E-state index contributed by atoms with van der Waals surface area (Å²) in [6.45, 7) is 4.48. The van der Waals surface area contributed by atoms with E-state index in [1.807, 2.05) is 23.9 Å². The molecular weight excluding hydrogens is 437 g/mol. The van der Waals surface area contributed by atoms with Crippen molar-refractivity contribution in [3.05, 3.63) is 90.5 Å². The molecule has 0 unspecified atom stereocenters. The molecule has 3 nitrogen and oxygen atoms in total. The Hall–Kier alpha value is -3.44. The number of thioether (sulfide) groups is 1. The normalized spacial score (nSPS) is 16.5. The van der Waals surface area contributed by atoms with Gasteiger partial charge in [0.05, 0.1) is 10.6 Å². The lowest BCUT2D eigenvalue weighted by atomic mass is 9.35. The van der Waals surface area contributed by atoms with Crippen LogP contribution in [-0.4, -0.2) is 23.0 Å². The summed E-state index contributed by atoms with van der Waals surface area (Å²) < 4.78 is 12.9. The molecule has 3 aliphatic rings. The lowest BCUT2D eigenvalue weighted by Crippen LogP contribution is -2.57. The molecule has 0 bridgehead atoms. The molecule has 4 aromatic rings. The van der Waals surface area contributed by atoms with Crippen LogP contribution < -0.4 is 25.9 Å². The number of benzene rings is 4. The second kappa shape index (κ2) is 7.28. The van der Waals surface area contributed by atoms with E-state index in [1.165, 1.54) is 16.5 Å². The van der Waals surface area contributed by atoms with Gasteiger partial charge in [-0.2, -0.15) is 0 Å². The van der Waals surface area contributed by atoms with Gasteiger partial charge in [-0.15, -0.1) is 11.8 Å². The maximum atomic E-state index is 6.43. The Morgan fingerprint density at radius 2 is 1.26 bits per heavy atom. The van der Waals surface area contributed by atoms with Gasteiger partial charge < -0.3 is 9.47 Å². The molecule has 0 spiro atoms. The fourth-order valence-corrected chi connectivity index (χ4v) is 6.27. The van der Waals surface area contributed by atoms with Crippen LogP contribution in [0.2, 0.25) is 0 Å². The van der Waals surface area contributed by atoms with Gasteiger partial charge in [-0.25, -0.2) is 0 Å². The zero-order valence-electron chi connectivity index (χ0n) is 19.0. The molecule has 0 saturated carbocycles. The summed E-state index contributed by atoms with van der Waals surface area (Å²) in [7, 11) is 0. The van der Waals surface area contributed by atoms with Crippen LogP contribution in [0.1, 0.15) is 19.4 Å². The van der Waals surface area contributed by atoms with E-state index >= 15 is 0 Å². The quantitative estimate of drug-likeness (QED) is 0.327. The van der Waals surface area contributed by atoms with Crippen molar-refractivity contribution in [2.75, 3.05) is 5.75 Å². The number of fused-ring (bicyclic) bond motifs is 4. The summed E-state index contributed by atoms with van der Waals surface area (Å²) in [5.41, 5.74) is 6.87. The summed E-state index contributed by atoms with van der Waals surface area (Å²) in [6, 6.07) is 29.6. The van der Waals surface area contributed by atoms with Crippen molar-refractivity contribution in [2.24, 2.45) is 4.99 Å². The van der Waals surface area contributed by atoms with Gasteiger partial charge in [0.1, 0.15) is 23.0 Å². The predicted molar refractivity (Wildman–Crippen MR) is 143 cm³/mol. The van der Waals surface area contributed by atoms with Crippen LogP contribution >= 0.6 is 11.8 Å². The van der Waals surface area contributed by atoms with Gasteiger partial charge in [0.25, 0.3) is 6.71 Å². The second-order valence-corrected chi connectivity index (χ2v) is 10.7. The number of hydrogen-bond donors (Lipinski definition) is 0. The highest BCUT2D eigenvalue weighted by Crippen LogP contribution is 2.38. The number of nitrogens with zero attached hydrogens (tertiary/aromatic N) is 1. The first-order valence-corrected chi connectivity index (χ1v) is 12.6. The Morgan fingerprint density at radius 1 is 0.706 bits per heavy atom. The second-order valence-electron chi connectivity index (χ2n) is 9.69. The maximum Gasteiger partial charge on any atom is 0.260 e. The minimum absolute atomic E-state index is 0.0115. The van der Waals surface area contributed by atoms with Crippen molar-refractivity contribution in [3.63, 3.8) is 0 Å². The molecule has 0 saturated heterocycles. The molecule has 0 fully saturated rings. The van der Waals surface area contributed by atoms with E-state index < -0.39 is 0 Å². The molecule has 3 heterocycles. The van der Waals surface area contributed by atoms with Crippen LogP contribution in [0.4, 0.5) is 0 Å². The summed E-state index contributed by atoms with van der Waals surface area (Å²) >= 11 is 1.83. The first-order chi connectivity index (χ1) is 16.6. The zero-order chi connectivity index (χ0) is 22.9. The number of aliphatic imine (C=N–C) groups is 1. The van der Waals surface area contributed by atoms with E-state index in [4.69, 9.17) is 14.5 Å². The summed E-state index contributed by atoms with van der Waals surface area (Å²) in [6.07, 6.45) is 0. The smallest absolute Gasteiger partial charge is 0.260 e. The fraction of sp³-hybridized carbons (Fsp3) is 0.138. The van der Waals surface area contributed by atoms with Crippen LogP contribution in [0.25, 0.3) is 11.1 Å². The molecule has 4 aromatic carbocycles. The summed E-state index contributed by atoms with van der Waals surface area (Å²) in [5.74, 6) is 4.58. The van der Waals surface area contributed by atoms with Crippen molar-refractivity contribution in [2.45, 2.75) is 19.4 Å². The number of para-hydroxylation sites is 2. The summed E-state index contributed by atoms with van der Waals surface area (Å²) in [4.78, 5) is 4.88. The Balaban J connectivity index is 1.34. The van der Waals surface area contributed by atoms with E-state index in [0.717, 1.165) is 50.4 Å². The molecule has 0 radical (unpaired) electrons. The molecule has 0 aliphatic carbocycles. The third-order valence-corrected chi connectivity index (χ3v) is 8.18. The molecule has 0 N–H and O–H groups in total. The lowest BCUT2D eigenvalue weighted by molar-refractivity contribution is 0.465. The SMILES string of the molecule is CC1(C)CSC(c2ccc(-c3cc4c5c(c3)Oc3ccccc3B5c3ccccc3O4)cc2)=N1. The highest BCUT2D eigenvalue weighted by atomic mass is 32.2. The van der Waals surface area contributed by atoms with Crippen molar-refractivity contribution in [1.29, 1.82) is 0 Å². The van der Waals surface area contributed by atoms with E-state index in [2.05, 4.69) is 86.6 Å². The minimum Gasteiger partial charge on any atom is -0.458 e. The number of hydrogen-bond acceptors (Lipinski definition) is 4. The molecule has 164 valence electrons. The van der Waals surface area contributed by atoms with Crippen LogP contribution in [0.15, 0.2) is 89.9 Å². The first kappa shape index (κ1) is 20.0. The van der Waals surface area contributed by atoms with Gasteiger partial charge in [0, 0.05) is 16.8 Å². The Labute approximate surface area is 203 Å². The zero-order valence-corrected chi connectivity index (χ0v) is 19.9.